The number of hydrogen-bond donors (Lipinski definition) is 0. The van der Waals surface area contributed by atoms with Gasteiger partial charge in [-0.05, 0) is 25.8 Å². The maximum absolute atomic E-state index is 12.9. The second kappa shape index (κ2) is 6.84. The van der Waals surface area contributed by atoms with Crippen LogP contribution in [0.4, 0.5) is 0 Å². The number of ketones is 1. The number of nitrogens with zero attached hydrogens (tertiary/aromatic N) is 3. The standard InChI is InChI=1S/C19H17N3O3S/c1-12(23)16-10-14(11-26-16)19(24)22-9-5-8-15(22)18-20-17(21-25-18)13-6-3-2-4-7-13/h2-4,6-7,10-11,15H,5,8-9H2,1H3. The molecule has 3 aromatic rings. The number of hydrogen-bond acceptors (Lipinski definition) is 6. The summed E-state index contributed by atoms with van der Waals surface area (Å²) < 4.78 is 5.46. The number of amides is 1. The highest BCUT2D eigenvalue weighted by Crippen LogP contribution is 2.33. The lowest BCUT2D eigenvalue weighted by atomic mass is 10.2. The number of likely N-dealkylation sites (tertiary alicyclic amines) is 1. The maximum atomic E-state index is 12.9. The van der Waals surface area contributed by atoms with E-state index in [-0.39, 0.29) is 17.7 Å². The molecule has 1 unspecified atom stereocenters. The van der Waals surface area contributed by atoms with Crippen molar-refractivity contribution in [2.45, 2.75) is 25.8 Å². The molecule has 1 saturated heterocycles. The summed E-state index contributed by atoms with van der Waals surface area (Å²) in [6, 6.07) is 11.0. The molecule has 0 spiro atoms. The molecule has 6 nitrogen and oxygen atoms in total. The smallest absolute Gasteiger partial charge is 0.255 e. The van der Waals surface area contributed by atoms with Gasteiger partial charge in [-0.2, -0.15) is 4.98 Å². The first kappa shape index (κ1) is 16.7. The first-order valence-electron chi connectivity index (χ1n) is 8.43. The van der Waals surface area contributed by atoms with Gasteiger partial charge >= 0.3 is 0 Å². The van der Waals surface area contributed by atoms with Crippen LogP contribution in [0.2, 0.25) is 0 Å². The second-order valence-corrected chi connectivity index (χ2v) is 7.15. The predicted octanol–water partition coefficient (Wildman–Crippen LogP) is 3.98. The molecule has 132 valence electrons. The van der Waals surface area contributed by atoms with Crippen molar-refractivity contribution in [2.75, 3.05) is 6.54 Å². The van der Waals surface area contributed by atoms with E-state index in [0.717, 1.165) is 18.4 Å². The number of carbonyl (C=O) groups excluding carboxylic acids is 2. The van der Waals surface area contributed by atoms with Gasteiger partial charge in [-0.1, -0.05) is 35.5 Å². The molecule has 1 amide bonds. The quantitative estimate of drug-likeness (QED) is 0.652. The Hall–Kier alpha value is -2.80. The Morgan fingerprint density at radius 2 is 2.08 bits per heavy atom. The summed E-state index contributed by atoms with van der Waals surface area (Å²) in [5.41, 5.74) is 1.41. The van der Waals surface area contributed by atoms with Gasteiger partial charge in [0.05, 0.1) is 10.4 Å². The molecular weight excluding hydrogens is 350 g/mol. The Balaban J connectivity index is 1.57. The van der Waals surface area contributed by atoms with Gasteiger partial charge in [0, 0.05) is 17.5 Å². The van der Waals surface area contributed by atoms with E-state index in [4.69, 9.17) is 4.52 Å². The van der Waals surface area contributed by atoms with Crippen molar-refractivity contribution in [1.82, 2.24) is 15.0 Å². The van der Waals surface area contributed by atoms with Gasteiger partial charge in [-0.25, -0.2) is 0 Å². The van der Waals surface area contributed by atoms with E-state index in [2.05, 4.69) is 10.1 Å². The first-order valence-corrected chi connectivity index (χ1v) is 9.31. The number of rotatable bonds is 4. The van der Waals surface area contributed by atoms with Crippen LogP contribution in [0, 0.1) is 0 Å². The monoisotopic (exact) mass is 367 g/mol. The molecule has 1 aromatic carbocycles. The van der Waals surface area contributed by atoms with Crippen LogP contribution in [-0.4, -0.2) is 33.3 Å². The van der Waals surface area contributed by atoms with Crippen molar-refractivity contribution in [2.24, 2.45) is 0 Å². The molecule has 2 aromatic heterocycles. The van der Waals surface area contributed by atoms with Crippen LogP contribution in [-0.2, 0) is 0 Å². The van der Waals surface area contributed by atoms with Gasteiger partial charge in [0.1, 0.15) is 6.04 Å². The molecule has 0 radical (unpaired) electrons. The van der Waals surface area contributed by atoms with Crippen LogP contribution in [0.15, 0.2) is 46.3 Å². The Kier molecular flexibility index (Phi) is 4.38. The van der Waals surface area contributed by atoms with Gasteiger partial charge in [0.25, 0.3) is 5.91 Å². The normalized spacial score (nSPS) is 16.8. The Morgan fingerprint density at radius 3 is 2.81 bits per heavy atom. The fourth-order valence-corrected chi connectivity index (χ4v) is 3.92. The molecule has 1 atom stereocenters. The molecule has 0 N–H and O–H groups in total. The van der Waals surface area contributed by atoms with Crippen molar-refractivity contribution < 1.29 is 14.1 Å². The third kappa shape index (κ3) is 3.06. The zero-order chi connectivity index (χ0) is 18.1. The summed E-state index contributed by atoms with van der Waals surface area (Å²) >= 11 is 1.29. The zero-order valence-electron chi connectivity index (χ0n) is 14.2. The van der Waals surface area contributed by atoms with Crippen LogP contribution in [0.25, 0.3) is 11.4 Å². The third-order valence-electron chi connectivity index (χ3n) is 4.47. The summed E-state index contributed by atoms with van der Waals surface area (Å²) in [5, 5.41) is 5.79. The molecule has 0 aliphatic carbocycles. The number of Topliss-reactive ketones (excluding diaryl/α,β-unsaturated/α-hetero) is 1. The van der Waals surface area contributed by atoms with Gasteiger partial charge in [0.2, 0.25) is 11.7 Å². The highest BCUT2D eigenvalue weighted by molar-refractivity contribution is 7.12. The zero-order valence-corrected chi connectivity index (χ0v) is 15.0. The lowest BCUT2D eigenvalue weighted by molar-refractivity contribution is 0.0710. The van der Waals surface area contributed by atoms with E-state index in [1.54, 1.807) is 16.3 Å². The van der Waals surface area contributed by atoms with Gasteiger partial charge in [-0.15, -0.1) is 11.3 Å². The Morgan fingerprint density at radius 1 is 1.27 bits per heavy atom. The topological polar surface area (TPSA) is 76.3 Å². The van der Waals surface area contributed by atoms with Crippen molar-refractivity contribution >= 4 is 23.0 Å². The summed E-state index contributed by atoms with van der Waals surface area (Å²) in [4.78, 5) is 31.2. The van der Waals surface area contributed by atoms with Gasteiger partial charge < -0.3 is 9.42 Å². The van der Waals surface area contributed by atoms with E-state index in [9.17, 15) is 9.59 Å². The molecule has 7 heteroatoms. The maximum Gasteiger partial charge on any atom is 0.255 e. The molecule has 0 bridgehead atoms. The van der Waals surface area contributed by atoms with E-state index in [1.165, 1.54) is 18.3 Å². The van der Waals surface area contributed by atoms with Crippen LogP contribution in [0.3, 0.4) is 0 Å². The van der Waals surface area contributed by atoms with Crippen molar-refractivity contribution in [3.05, 3.63) is 58.1 Å². The molecule has 1 aliphatic rings. The number of carbonyl (C=O) groups is 2. The lowest BCUT2D eigenvalue weighted by Crippen LogP contribution is -2.30. The molecular formula is C19H17N3O3S. The summed E-state index contributed by atoms with van der Waals surface area (Å²) in [5.74, 6) is 0.846. The number of thiophene rings is 1. The minimum absolute atomic E-state index is 0.0311. The van der Waals surface area contributed by atoms with Crippen LogP contribution >= 0.6 is 11.3 Å². The van der Waals surface area contributed by atoms with Crippen LogP contribution in [0.5, 0.6) is 0 Å². The van der Waals surface area contributed by atoms with E-state index in [0.29, 0.717) is 28.7 Å². The predicted molar refractivity (Wildman–Crippen MR) is 97.1 cm³/mol. The molecule has 0 saturated carbocycles. The lowest BCUT2D eigenvalue weighted by Gasteiger charge is -2.21. The summed E-state index contributed by atoms with van der Waals surface area (Å²) in [6.45, 7) is 2.14. The van der Waals surface area contributed by atoms with Crippen molar-refractivity contribution in [1.29, 1.82) is 0 Å². The summed E-state index contributed by atoms with van der Waals surface area (Å²) in [7, 11) is 0. The molecule has 1 fully saturated rings. The van der Waals surface area contributed by atoms with Crippen LogP contribution in [0.1, 0.15) is 51.7 Å². The average molecular weight is 367 g/mol. The summed E-state index contributed by atoms with van der Waals surface area (Å²) in [6.07, 6.45) is 1.66. The van der Waals surface area contributed by atoms with Crippen molar-refractivity contribution in [3.8, 4) is 11.4 Å². The van der Waals surface area contributed by atoms with Crippen LogP contribution < -0.4 is 0 Å². The Labute approximate surface area is 154 Å². The molecule has 3 heterocycles. The minimum Gasteiger partial charge on any atom is -0.337 e. The average Bonchev–Trinajstić information content (AvgIpc) is 3.41. The fourth-order valence-electron chi connectivity index (χ4n) is 3.14. The molecule has 4 rings (SSSR count). The van der Waals surface area contributed by atoms with E-state index in [1.807, 2.05) is 30.3 Å². The fraction of sp³-hybridized carbons (Fsp3) is 0.263. The molecule has 1 aliphatic heterocycles. The highest BCUT2D eigenvalue weighted by Gasteiger charge is 2.35. The third-order valence-corrected chi connectivity index (χ3v) is 5.50. The SMILES string of the molecule is CC(=O)c1cc(C(=O)N2CCCC2c2nc(-c3ccccc3)no2)cs1. The van der Waals surface area contributed by atoms with Gasteiger partial charge in [-0.3, -0.25) is 9.59 Å². The minimum atomic E-state index is -0.229. The van der Waals surface area contributed by atoms with E-state index >= 15 is 0 Å². The van der Waals surface area contributed by atoms with E-state index < -0.39 is 0 Å². The Bertz CT molecular complexity index is 948. The largest absolute Gasteiger partial charge is 0.337 e. The molecule has 26 heavy (non-hydrogen) atoms. The number of benzene rings is 1. The second-order valence-electron chi connectivity index (χ2n) is 6.23. The first-order chi connectivity index (χ1) is 12.6. The van der Waals surface area contributed by atoms with Gasteiger partial charge in [0.15, 0.2) is 5.78 Å². The highest BCUT2D eigenvalue weighted by atomic mass is 32.1. The van der Waals surface area contributed by atoms with Crippen molar-refractivity contribution in [3.63, 3.8) is 0 Å². The number of aromatic nitrogens is 2.